The predicted octanol–water partition coefficient (Wildman–Crippen LogP) is 1.28. The van der Waals surface area contributed by atoms with Gasteiger partial charge >= 0.3 is 0 Å². The molecule has 148 valence electrons. The van der Waals surface area contributed by atoms with Gasteiger partial charge in [-0.25, -0.2) is 0 Å². The lowest BCUT2D eigenvalue weighted by Gasteiger charge is -2.17. The van der Waals surface area contributed by atoms with Crippen molar-refractivity contribution in [2.24, 2.45) is 7.05 Å². The summed E-state index contributed by atoms with van der Waals surface area (Å²) in [5, 5.41) is 2.83. The molecule has 1 atom stereocenters. The quantitative estimate of drug-likeness (QED) is 0.815. The smallest absolute Gasteiger partial charge is 0.263 e. The first-order valence-corrected chi connectivity index (χ1v) is 9.27. The molecule has 1 saturated heterocycles. The molecule has 2 amide bonds. The van der Waals surface area contributed by atoms with Gasteiger partial charge in [0.05, 0.1) is 13.2 Å². The van der Waals surface area contributed by atoms with Gasteiger partial charge in [-0.2, -0.15) is 0 Å². The first-order valence-electron chi connectivity index (χ1n) is 9.27. The Bertz CT molecular complexity index is 934. The van der Waals surface area contributed by atoms with Gasteiger partial charge in [0.2, 0.25) is 5.91 Å². The van der Waals surface area contributed by atoms with Crippen molar-refractivity contribution < 1.29 is 14.3 Å². The molecule has 3 rings (SSSR count). The Labute approximate surface area is 163 Å². The number of nitrogens with zero attached hydrogens (tertiary/aromatic N) is 2. The minimum atomic E-state index is -0.435. The van der Waals surface area contributed by atoms with Gasteiger partial charge in [-0.05, 0) is 43.2 Å². The lowest BCUT2D eigenvalue weighted by atomic mass is 10.1. The van der Waals surface area contributed by atoms with Crippen LogP contribution in [0, 0.1) is 6.92 Å². The molecule has 0 unspecified atom stereocenters. The zero-order valence-corrected chi connectivity index (χ0v) is 16.4. The number of benzene rings is 1. The lowest BCUT2D eigenvalue weighted by molar-refractivity contribution is -0.127. The summed E-state index contributed by atoms with van der Waals surface area (Å²) in [5.41, 5.74) is 1.65. The summed E-state index contributed by atoms with van der Waals surface area (Å²) < 4.78 is 6.59. The van der Waals surface area contributed by atoms with E-state index in [0.29, 0.717) is 13.1 Å². The summed E-state index contributed by atoms with van der Waals surface area (Å²) in [6.45, 7) is 2.84. The third kappa shape index (κ3) is 4.24. The highest BCUT2D eigenvalue weighted by Gasteiger charge is 2.30. The highest BCUT2D eigenvalue weighted by atomic mass is 16.5. The Morgan fingerprint density at radius 3 is 2.57 bits per heavy atom. The molecule has 1 N–H and O–H groups in total. The maximum Gasteiger partial charge on any atom is 0.263 e. The molecule has 28 heavy (non-hydrogen) atoms. The monoisotopic (exact) mass is 383 g/mol. The zero-order chi connectivity index (χ0) is 20.3. The van der Waals surface area contributed by atoms with Crippen molar-refractivity contribution in [1.82, 2.24) is 14.8 Å². The maximum absolute atomic E-state index is 12.5. The van der Waals surface area contributed by atoms with E-state index >= 15 is 0 Å². The van der Waals surface area contributed by atoms with Crippen molar-refractivity contribution in [1.29, 1.82) is 0 Å². The molecule has 7 nitrogen and oxygen atoms in total. The summed E-state index contributed by atoms with van der Waals surface area (Å²) in [4.78, 5) is 38.8. The van der Waals surface area contributed by atoms with Gasteiger partial charge in [0.15, 0.2) is 0 Å². The molecular weight excluding hydrogens is 358 g/mol. The van der Waals surface area contributed by atoms with E-state index in [2.05, 4.69) is 5.32 Å². The number of aryl methyl sites for hydroxylation is 1. The fraction of sp³-hybridized carbons (Fsp3) is 0.381. The maximum atomic E-state index is 12.5. The van der Waals surface area contributed by atoms with E-state index < -0.39 is 5.91 Å². The third-order valence-electron chi connectivity index (χ3n) is 5.18. The molecule has 2 aromatic rings. The summed E-state index contributed by atoms with van der Waals surface area (Å²) >= 11 is 0. The molecule has 7 heteroatoms. The van der Waals surface area contributed by atoms with Crippen LogP contribution in [0.3, 0.4) is 0 Å². The number of aromatic nitrogens is 1. The van der Waals surface area contributed by atoms with Gasteiger partial charge in [0, 0.05) is 32.3 Å². The van der Waals surface area contributed by atoms with E-state index in [4.69, 9.17) is 4.74 Å². The average molecular weight is 383 g/mol. The molecule has 1 fully saturated rings. The fourth-order valence-electron chi connectivity index (χ4n) is 3.31. The summed E-state index contributed by atoms with van der Waals surface area (Å²) in [5.74, 6) is 0.372. The first-order chi connectivity index (χ1) is 13.4. The highest BCUT2D eigenvalue weighted by Crippen LogP contribution is 2.15. The Kier molecular flexibility index (Phi) is 5.82. The second-order valence-corrected chi connectivity index (χ2v) is 7.06. The van der Waals surface area contributed by atoms with Crippen molar-refractivity contribution >= 4 is 11.8 Å². The lowest BCUT2D eigenvalue weighted by Crippen LogP contribution is -2.40. The molecule has 0 saturated carbocycles. The standard InChI is InChI=1S/C21H25N3O4/c1-14-4-9-18(21(27)23(14)2)20(26)22-16-12-19(25)24(13-16)11-10-15-5-7-17(28-3)8-6-15/h4-9,16H,10-13H2,1-3H3,(H,22,26)/t16-/m0/s1. The highest BCUT2D eigenvalue weighted by molar-refractivity contribution is 5.94. The number of amides is 2. The predicted molar refractivity (Wildman–Crippen MR) is 106 cm³/mol. The van der Waals surface area contributed by atoms with Crippen LogP contribution >= 0.6 is 0 Å². The fourth-order valence-corrected chi connectivity index (χ4v) is 3.31. The molecular formula is C21H25N3O4. The molecule has 1 aliphatic heterocycles. The van der Waals surface area contributed by atoms with Crippen molar-refractivity contribution in [2.75, 3.05) is 20.2 Å². The van der Waals surface area contributed by atoms with Crippen LogP contribution in [0.1, 0.15) is 28.0 Å². The van der Waals surface area contributed by atoms with Crippen LogP contribution in [-0.2, 0) is 18.3 Å². The SMILES string of the molecule is COc1ccc(CCN2C[C@@H](NC(=O)c3ccc(C)n(C)c3=O)CC2=O)cc1. The number of hydrogen-bond donors (Lipinski definition) is 1. The number of likely N-dealkylation sites (tertiary alicyclic amines) is 1. The normalized spacial score (nSPS) is 16.3. The number of nitrogens with one attached hydrogen (secondary N) is 1. The average Bonchev–Trinajstić information content (AvgIpc) is 3.03. The Balaban J connectivity index is 1.57. The number of carbonyl (C=O) groups excluding carboxylic acids is 2. The van der Waals surface area contributed by atoms with Crippen LogP contribution in [0.2, 0.25) is 0 Å². The summed E-state index contributed by atoms with van der Waals surface area (Å²) in [6, 6.07) is 10.7. The summed E-state index contributed by atoms with van der Waals surface area (Å²) in [6.07, 6.45) is 0.982. The Hall–Kier alpha value is -3.09. The second-order valence-electron chi connectivity index (χ2n) is 7.06. The van der Waals surface area contributed by atoms with Gasteiger partial charge in [0.1, 0.15) is 11.3 Å². The van der Waals surface area contributed by atoms with Gasteiger partial charge in [0.25, 0.3) is 11.5 Å². The van der Waals surface area contributed by atoms with E-state index in [1.165, 1.54) is 10.6 Å². The van der Waals surface area contributed by atoms with Crippen LogP contribution in [0.25, 0.3) is 0 Å². The van der Waals surface area contributed by atoms with E-state index in [0.717, 1.165) is 23.4 Å². The van der Waals surface area contributed by atoms with Crippen LogP contribution in [0.15, 0.2) is 41.2 Å². The van der Waals surface area contributed by atoms with Gasteiger partial charge in [-0.1, -0.05) is 12.1 Å². The van der Waals surface area contributed by atoms with Gasteiger partial charge < -0.3 is 19.5 Å². The summed E-state index contributed by atoms with van der Waals surface area (Å²) in [7, 11) is 3.26. The minimum Gasteiger partial charge on any atom is -0.497 e. The molecule has 0 bridgehead atoms. The number of carbonyl (C=O) groups is 2. The largest absolute Gasteiger partial charge is 0.497 e. The van der Waals surface area contributed by atoms with Gasteiger partial charge in [-0.3, -0.25) is 14.4 Å². The van der Waals surface area contributed by atoms with Crippen molar-refractivity contribution in [3.8, 4) is 5.75 Å². The van der Waals surface area contributed by atoms with Crippen LogP contribution in [0.4, 0.5) is 0 Å². The molecule has 1 aromatic heterocycles. The number of ether oxygens (including phenoxy) is 1. The third-order valence-corrected chi connectivity index (χ3v) is 5.18. The molecule has 0 radical (unpaired) electrons. The van der Waals surface area contributed by atoms with E-state index in [1.54, 1.807) is 32.0 Å². The molecule has 0 spiro atoms. The number of methoxy groups -OCH3 is 1. The first kappa shape index (κ1) is 19.7. The Morgan fingerprint density at radius 2 is 1.89 bits per heavy atom. The topological polar surface area (TPSA) is 80.6 Å². The van der Waals surface area contributed by atoms with E-state index in [-0.39, 0.29) is 29.5 Å². The van der Waals surface area contributed by atoms with Crippen molar-refractivity contribution in [3.05, 3.63) is 63.6 Å². The minimum absolute atomic E-state index is 0.00983. The van der Waals surface area contributed by atoms with E-state index in [9.17, 15) is 14.4 Å². The molecule has 2 heterocycles. The van der Waals surface area contributed by atoms with Crippen LogP contribution < -0.4 is 15.6 Å². The molecule has 1 aromatic carbocycles. The van der Waals surface area contributed by atoms with Crippen molar-refractivity contribution in [2.45, 2.75) is 25.8 Å². The van der Waals surface area contributed by atoms with E-state index in [1.807, 2.05) is 24.3 Å². The van der Waals surface area contributed by atoms with Crippen LogP contribution in [-0.4, -0.2) is 47.5 Å². The number of rotatable bonds is 6. The van der Waals surface area contributed by atoms with Crippen molar-refractivity contribution in [3.63, 3.8) is 0 Å². The zero-order valence-electron chi connectivity index (χ0n) is 16.4. The molecule has 1 aliphatic rings. The number of hydrogen-bond acceptors (Lipinski definition) is 4. The van der Waals surface area contributed by atoms with Gasteiger partial charge in [-0.15, -0.1) is 0 Å². The Morgan fingerprint density at radius 1 is 1.18 bits per heavy atom. The number of pyridine rings is 1. The second kappa shape index (κ2) is 8.29. The molecule has 0 aliphatic carbocycles. The van der Waals surface area contributed by atoms with Crippen LogP contribution in [0.5, 0.6) is 5.75 Å².